The van der Waals surface area contributed by atoms with Gasteiger partial charge in [-0.2, -0.15) is 4.72 Å². The molecule has 0 aromatic heterocycles. The summed E-state index contributed by atoms with van der Waals surface area (Å²) in [6.07, 6.45) is 0.403. The zero-order chi connectivity index (χ0) is 24.6. The number of rotatable bonds is 12. The van der Waals surface area contributed by atoms with Gasteiger partial charge in [-0.3, -0.25) is 15.0 Å². The van der Waals surface area contributed by atoms with Crippen molar-refractivity contribution in [3.8, 4) is 5.75 Å². The summed E-state index contributed by atoms with van der Waals surface area (Å²) >= 11 is 17.7. The van der Waals surface area contributed by atoms with E-state index in [4.69, 9.17) is 55.5 Å². The Bertz CT molecular complexity index is 1100. The van der Waals surface area contributed by atoms with Crippen LogP contribution < -0.4 is 20.7 Å². The lowest BCUT2D eigenvalue weighted by Crippen LogP contribution is -2.42. The summed E-state index contributed by atoms with van der Waals surface area (Å²) in [4.78, 5) is 16.2. The number of guanidine groups is 1. The molecule has 0 radical (unpaired) electrons. The fourth-order valence-corrected chi connectivity index (χ4v) is 4.72. The van der Waals surface area contributed by atoms with Gasteiger partial charge in [0.05, 0.1) is 28.3 Å². The van der Waals surface area contributed by atoms with E-state index >= 15 is 0 Å². The zero-order valence-electron chi connectivity index (χ0n) is 17.0. The third-order valence-electron chi connectivity index (χ3n) is 4.09. The van der Waals surface area contributed by atoms with Crippen molar-refractivity contribution in [2.45, 2.75) is 23.8 Å². The first kappa shape index (κ1) is 27.0. The van der Waals surface area contributed by atoms with Gasteiger partial charge in [0.15, 0.2) is 0 Å². The second kappa shape index (κ2) is 12.3. The standard InChI is InChI=1S/C19H21Cl3N4O6S/c20-13-6-7-15(17(22)16(13)21)33(29,30)26-14(18(27)28)10-11-2-4-12(5-3-11)31-8-1-9-32-25-19(23)24/h2-7,14,26H,1,8-10H2,(H,27,28)(H4,23,24,25)/t14-/m0/s1. The first-order chi connectivity index (χ1) is 15.5. The molecule has 2 aromatic carbocycles. The predicted molar refractivity (Wildman–Crippen MR) is 124 cm³/mol. The molecular weight excluding hydrogens is 519 g/mol. The van der Waals surface area contributed by atoms with E-state index in [9.17, 15) is 18.3 Å². The van der Waals surface area contributed by atoms with Crippen LogP contribution in [0.2, 0.25) is 15.1 Å². The molecule has 0 aliphatic rings. The number of benzene rings is 2. The maximum Gasteiger partial charge on any atom is 0.322 e. The molecule has 6 N–H and O–H groups in total. The quantitative estimate of drug-likeness (QED) is 0.0903. The van der Waals surface area contributed by atoms with Crippen LogP contribution in [0.1, 0.15) is 12.0 Å². The lowest BCUT2D eigenvalue weighted by molar-refractivity contribution is -0.138. The van der Waals surface area contributed by atoms with E-state index in [-0.39, 0.29) is 39.0 Å². The minimum absolute atomic E-state index is 0.0676. The first-order valence-electron chi connectivity index (χ1n) is 9.33. The smallest absolute Gasteiger partial charge is 0.322 e. The van der Waals surface area contributed by atoms with Crippen LogP contribution in [-0.2, 0) is 26.1 Å². The Balaban J connectivity index is 1.99. The highest BCUT2D eigenvalue weighted by Crippen LogP contribution is 2.35. The molecule has 0 unspecified atom stereocenters. The second-order valence-corrected chi connectivity index (χ2v) is 9.45. The van der Waals surface area contributed by atoms with Crippen LogP contribution >= 0.6 is 34.8 Å². The highest BCUT2D eigenvalue weighted by molar-refractivity contribution is 7.89. The number of nitrogens with two attached hydrogens (primary N) is 1. The Morgan fingerprint density at radius 2 is 1.76 bits per heavy atom. The lowest BCUT2D eigenvalue weighted by Gasteiger charge is -2.16. The number of aliphatic carboxylic acids is 1. The van der Waals surface area contributed by atoms with Crippen LogP contribution in [0.4, 0.5) is 0 Å². The van der Waals surface area contributed by atoms with Gasteiger partial charge in [0.2, 0.25) is 16.0 Å². The lowest BCUT2D eigenvalue weighted by atomic mass is 10.1. The van der Waals surface area contributed by atoms with E-state index < -0.39 is 22.0 Å². The van der Waals surface area contributed by atoms with Crippen LogP contribution in [0.25, 0.3) is 0 Å². The number of hydrogen-bond acceptors (Lipinski definition) is 6. The molecule has 14 heteroatoms. The minimum Gasteiger partial charge on any atom is -0.494 e. The van der Waals surface area contributed by atoms with Crippen molar-refractivity contribution in [1.29, 1.82) is 5.41 Å². The van der Waals surface area contributed by atoms with Crippen molar-refractivity contribution < 1.29 is 27.9 Å². The Kier molecular flexibility index (Phi) is 10.0. The van der Waals surface area contributed by atoms with Crippen LogP contribution in [-0.4, -0.2) is 44.7 Å². The number of hydrogen-bond donors (Lipinski definition) is 5. The van der Waals surface area contributed by atoms with Gasteiger partial charge in [-0.15, -0.1) is 0 Å². The molecular formula is C19H21Cl3N4O6S. The van der Waals surface area contributed by atoms with Gasteiger partial charge in [0, 0.05) is 6.42 Å². The normalized spacial score (nSPS) is 12.2. The van der Waals surface area contributed by atoms with Crippen molar-refractivity contribution in [2.75, 3.05) is 13.2 Å². The molecule has 2 rings (SSSR count). The van der Waals surface area contributed by atoms with Crippen molar-refractivity contribution in [3.05, 3.63) is 57.0 Å². The van der Waals surface area contributed by atoms with Crippen LogP contribution in [0.3, 0.4) is 0 Å². The largest absolute Gasteiger partial charge is 0.494 e. The van der Waals surface area contributed by atoms with Gasteiger partial charge in [0.1, 0.15) is 16.7 Å². The Labute approximate surface area is 205 Å². The van der Waals surface area contributed by atoms with E-state index in [1.807, 2.05) is 0 Å². The van der Waals surface area contributed by atoms with E-state index in [2.05, 4.69) is 10.2 Å². The summed E-state index contributed by atoms with van der Waals surface area (Å²) in [6.45, 7) is 0.613. The van der Waals surface area contributed by atoms with E-state index in [0.717, 1.165) is 6.07 Å². The molecule has 33 heavy (non-hydrogen) atoms. The number of nitrogens with one attached hydrogen (secondary N) is 3. The molecule has 0 aliphatic carbocycles. The highest BCUT2D eigenvalue weighted by atomic mass is 35.5. The van der Waals surface area contributed by atoms with Crippen molar-refractivity contribution in [1.82, 2.24) is 10.2 Å². The monoisotopic (exact) mass is 538 g/mol. The molecule has 1 atom stereocenters. The van der Waals surface area contributed by atoms with Crippen molar-refractivity contribution in [3.63, 3.8) is 0 Å². The molecule has 0 saturated carbocycles. The summed E-state index contributed by atoms with van der Waals surface area (Å²) in [7, 11) is -4.30. The molecule has 0 bridgehead atoms. The number of halogens is 3. The molecule has 10 nitrogen and oxygen atoms in total. The molecule has 2 aromatic rings. The Morgan fingerprint density at radius 3 is 2.36 bits per heavy atom. The molecule has 0 amide bonds. The summed E-state index contributed by atoms with van der Waals surface area (Å²) in [6, 6.07) is 7.45. The molecule has 0 saturated heterocycles. The fourth-order valence-electron chi connectivity index (χ4n) is 2.55. The summed E-state index contributed by atoms with van der Waals surface area (Å²) in [5.74, 6) is -1.13. The zero-order valence-corrected chi connectivity index (χ0v) is 20.1. The number of carboxylic acid groups (broad SMARTS) is 1. The number of carbonyl (C=O) groups is 1. The van der Waals surface area contributed by atoms with Crippen molar-refractivity contribution >= 4 is 56.8 Å². The topological polar surface area (TPSA) is 164 Å². The van der Waals surface area contributed by atoms with Crippen LogP contribution in [0.5, 0.6) is 5.75 Å². The fraction of sp³-hybridized carbons (Fsp3) is 0.263. The van der Waals surface area contributed by atoms with E-state index in [1.165, 1.54) is 6.07 Å². The summed E-state index contributed by atoms with van der Waals surface area (Å²) in [5, 5.41) is 16.1. The highest BCUT2D eigenvalue weighted by Gasteiger charge is 2.28. The summed E-state index contributed by atoms with van der Waals surface area (Å²) in [5.41, 5.74) is 7.84. The number of carboxylic acids is 1. The number of ether oxygens (including phenoxy) is 1. The average Bonchev–Trinajstić information content (AvgIpc) is 2.74. The first-order valence-corrected chi connectivity index (χ1v) is 11.9. The van der Waals surface area contributed by atoms with Crippen LogP contribution in [0, 0.1) is 5.41 Å². The van der Waals surface area contributed by atoms with Crippen molar-refractivity contribution in [2.24, 2.45) is 5.73 Å². The van der Waals surface area contributed by atoms with E-state index in [1.54, 1.807) is 24.3 Å². The molecule has 0 heterocycles. The van der Waals surface area contributed by atoms with Gasteiger partial charge in [-0.1, -0.05) is 46.9 Å². The second-order valence-electron chi connectivity index (χ2n) is 6.60. The number of sulfonamides is 1. The van der Waals surface area contributed by atoms with Gasteiger partial charge < -0.3 is 15.6 Å². The van der Waals surface area contributed by atoms with Gasteiger partial charge in [-0.25, -0.2) is 13.9 Å². The average molecular weight is 540 g/mol. The third-order valence-corrected chi connectivity index (χ3v) is 7.01. The number of hydroxylamine groups is 1. The SMILES string of the molecule is N=C(N)NOCCCOc1ccc(C[C@H](NS(=O)(=O)c2ccc(Cl)c(Cl)c2Cl)C(=O)O)cc1. The molecule has 0 fully saturated rings. The van der Waals surface area contributed by atoms with Crippen LogP contribution in [0.15, 0.2) is 41.3 Å². The maximum absolute atomic E-state index is 12.7. The van der Waals surface area contributed by atoms with E-state index in [0.29, 0.717) is 24.3 Å². The van der Waals surface area contributed by atoms with Gasteiger partial charge >= 0.3 is 5.97 Å². The maximum atomic E-state index is 12.7. The molecule has 0 aliphatic heterocycles. The molecule has 0 spiro atoms. The van der Waals surface area contributed by atoms with Gasteiger partial charge in [-0.05, 0) is 36.2 Å². The Hall–Kier alpha value is -2.28. The molecule has 180 valence electrons. The summed E-state index contributed by atoms with van der Waals surface area (Å²) < 4.78 is 33.1. The van der Waals surface area contributed by atoms with Gasteiger partial charge in [0.25, 0.3) is 0 Å². The predicted octanol–water partition coefficient (Wildman–Crippen LogP) is 2.80. The third kappa shape index (κ3) is 8.22. The minimum atomic E-state index is -4.30. The Morgan fingerprint density at radius 1 is 1.09 bits per heavy atom.